The summed E-state index contributed by atoms with van der Waals surface area (Å²) in [5.74, 6) is 0.974. The van der Waals surface area contributed by atoms with Crippen LogP contribution in [0.5, 0.6) is 5.75 Å². The summed E-state index contributed by atoms with van der Waals surface area (Å²) in [6.07, 6.45) is 1.24. The van der Waals surface area contributed by atoms with Gasteiger partial charge >= 0.3 is 0 Å². The summed E-state index contributed by atoms with van der Waals surface area (Å²) in [6.45, 7) is 7.67. The summed E-state index contributed by atoms with van der Waals surface area (Å²) in [4.78, 5) is 15.9. The predicted octanol–water partition coefficient (Wildman–Crippen LogP) is 1.90. The van der Waals surface area contributed by atoms with Gasteiger partial charge in [0.05, 0.1) is 6.04 Å². The van der Waals surface area contributed by atoms with Crippen molar-refractivity contribution in [2.75, 3.05) is 33.8 Å². The molecule has 24 heavy (non-hydrogen) atoms. The normalized spacial score (nSPS) is 19.3. The lowest BCUT2D eigenvalue weighted by atomic mass is 10.1. The van der Waals surface area contributed by atoms with E-state index in [9.17, 15) is 9.90 Å². The van der Waals surface area contributed by atoms with Crippen molar-refractivity contribution >= 4 is 5.91 Å². The van der Waals surface area contributed by atoms with Crippen LogP contribution in [0.25, 0.3) is 0 Å². The molecule has 1 aliphatic rings. The third-order valence-corrected chi connectivity index (χ3v) is 4.83. The van der Waals surface area contributed by atoms with E-state index >= 15 is 0 Å². The highest BCUT2D eigenvalue weighted by Crippen LogP contribution is 2.26. The summed E-state index contributed by atoms with van der Waals surface area (Å²) >= 11 is 0. The number of carbonyl (C=O) groups is 1. The number of β-amino-alcohol motifs (C(OH)–C–C–N with tert-alkyl or cyclic N) is 1. The maximum atomic E-state index is 12.2. The zero-order valence-electron chi connectivity index (χ0n) is 15.5. The summed E-state index contributed by atoms with van der Waals surface area (Å²) in [5, 5.41) is 10.4. The fraction of sp³-hybridized carbons (Fsp3) is 0.632. The average Bonchev–Trinajstić information content (AvgIpc) is 2.98. The van der Waals surface area contributed by atoms with E-state index < -0.39 is 6.10 Å². The highest BCUT2D eigenvalue weighted by atomic mass is 16.5. The molecule has 0 spiro atoms. The van der Waals surface area contributed by atoms with E-state index in [2.05, 4.69) is 17.9 Å². The minimum atomic E-state index is -0.611. The van der Waals surface area contributed by atoms with Crippen LogP contribution in [0.3, 0.4) is 0 Å². The molecule has 1 saturated heterocycles. The van der Waals surface area contributed by atoms with Crippen LogP contribution in [0.4, 0.5) is 0 Å². The van der Waals surface area contributed by atoms with E-state index in [4.69, 9.17) is 4.74 Å². The van der Waals surface area contributed by atoms with Crippen LogP contribution >= 0.6 is 0 Å². The van der Waals surface area contributed by atoms with Gasteiger partial charge in [0.15, 0.2) is 0 Å². The van der Waals surface area contributed by atoms with Crippen molar-refractivity contribution in [2.24, 2.45) is 0 Å². The lowest BCUT2D eigenvalue weighted by molar-refractivity contribution is -0.133. The van der Waals surface area contributed by atoms with Crippen molar-refractivity contribution < 1.29 is 14.6 Å². The Kier molecular flexibility index (Phi) is 6.24. The number of aliphatic hydroxyl groups excluding tert-OH is 1. The number of aliphatic hydroxyl groups is 1. The zero-order valence-corrected chi connectivity index (χ0v) is 15.5. The molecule has 5 heteroatoms. The molecule has 0 aliphatic carbocycles. The van der Waals surface area contributed by atoms with Crippen LogP contribution in [0.1, 0.15) is 29.5 Å². The first-order valence-electron chi connectivity index (χ1n) is 8.64. The van der Waals surface area contributed by atoms with Gasteiger partial charge in [0.2, 0.25) is 5.91 Å². The Morgan fingerprint density at radius 2 is 2.00 bits per heavy atom. The molecule has 0 radical (unpaired) electrons. The fourth-order valence-electron chi connectivity index (χ4n) is 3.27. The number of likely N-dealkylation sites (tertiary alicyclic amines) is 1. The minimum Gasteiger partial charge on any atom is -0.490 e. The molecule has 2 unspecified atom stereocenters. The van der Waals surface area contributed by atoms with Gasteiger partial charge in [0.1, 0.15) is 18.5 Å². The molecule has 1 heterocycles. The maximum absolute atomic E-state index is 12.2. The minimum absolute atomic E-state index is 0.114. The first kappa shape index (κ1) is 18.7. The van der Waals surface area contributed by atoms with Crippen molar-refractivity contribution in [3.63, 3.8) is 0 Å². The Morgan fingerprint density at radius 3 is 2.67 bits per heavy atom. The van der Waals surface area contributed by atoms with Gasteiger partial charge in [-0.15, -0.1) is 0 Å². The van der Waals surface area contributed by atoms with E-state index in [-0.39, 0.29) is 18.6 Å². The molecule has 0 saturated carbocycles. The van der Waals surface area contributed by atoms with Crippen molar-refractivity contribution in [3.8, 4) is 5.75 Å². The summed E-state index contributed by atoms with van der Waals surface area (Å²) in [7, 11) is 3.56. The quantitative estimate of drug-likeness (QED) is 0.863. The molecule has 0 aromatic heterocycles. The monoisotopic (exact) mass is 334 g/mol. The second kappa shape index (κ2) is 7.99. The molecular weight excluding hydrogens is 304 g/mol. The number of rotatable bonds is 6. The predicted molar refractivity (Wildman–Crippen MR) is 95.4 cm³/mol. The molecule has 2 atom stereocenters. The zero-order chi connectivity index (χ0) is 17.9. The third kappa shape index (κ3) is 4.28. The Hall–Kier alpha value is -1.59. The van der Waals surface area contributed by atoms with E-state index in [0.717, 1.165) is 36.3 Å². The second-order valence-electron chi connectivity index (χ2n) is 7.00. The molecule has 1 amide bonds. The Labute approximate surface area is 145 Å². The molecule has 1 fully saturated rings. The van der Waals surface area contributed by atoms with Crippen molar-refractivity contribution in [1.82, 2.24) is 9.80 Å². The number of hydrogen-bond donors (Lipinski definition) is 1. The summed E-state index contributed by atoms with van der Waals surface area (Å²) in [5.41, 5.74) is 3.37. The number of nitrogens with zero attached hydrogens (tertiary/aromatic N) is 2. The lowest BCUT2D eigenvalue weighted by Gasteiger charge is -2.28. The van der Waals surface area contributed by atoms with Crippen LogP contribution in [-0.4, -0.2) is 66.8 Å². The van der Waals surface area contributed by atoms with E-state index in [1.165, 1.54) is 5.56 Å². The topological polar surface area (TPSA) is 53.0 Å². The van der Waals surface area contributed by atoms with Crippen LogP contribution < -0.4 is 4.74 Å². The fourth-order valence-corrected chi connectivity index (χ4v) is 3.27. The Balaban J connectivity index is 1.93. The van der Waals surface area contributed by atoms with Crippen LogP contribution in [0, 0.1) is 20.8 Å². The van der Waals surface area contributed by atoms with Gasteiger partial charge in [0.25, 0.3) is 0 Å². The highest BCUT2D eigenvalue weighted by Gasteiger charge is 2.32. The van der Waals surface area contributed by atoms with Gasteiger partial charge < -0.3 is 14.7 Å². The molecular formula is C19H30N2O3. The van der Waals surface area contributed by atoms with Crippen molar-refractivity contribution in [3.05, 3.63) is 28.8 Å². The third-order valence-electron chi connectivity index (χ3n) is 4.83. The molecule has 1 aromatic carbocycles. The number of ether oxygens (including phenoxy) is 1. The second-order valence-corrected chi connectivity index (χ2v) is 7.00. The first-order chi connectivity index (χ1) is 11.3. The number of amides is 1. The number of hydrogen-bond acceptors (Lipinski definition) is 4. The molecule has 134 valence electrons. The van der Waals surface area contributed by atoms with Crippen molar-refractivity contribution in [2.45, 2.75) is 45.8 Å². The SMILES string of the molecule is Cc1ccc(C)c(OCC(O)CN2CCCC2C(=O)N(C)C)c1C. The van der Waals surface area contributed by atoms with Crippen LogP contribution in [0.15, 0.2) is 12.1 Å². The number of benzene rings is 1. The number of aryl methyl sites for hydroxylation is 2. The van der Waals surface area contributed by atoms with Gasteiger partial charge in [-0.1, -0.05) is 12.1 Å². The average molecular weight is 334 g/mol. The van der Waals surface area contributed by atoms with Gasteiger partial charge in [-0.2, -0.15) is 0 Å². The molecule has 0 bridgehead atoms. The number of carbonyl (C=O) groups excluding carboxylic acids is 1. The standard InChI is InChI=1S/C19H30N2O3/c1-13-8-9-14(2)18(15(13)3)24-12-16(22)11-21-10-6-7-17(21)19(23)20(4)5/h8-9,16-17,22H,6-7,10-12H2,1-5H3. The van der Waals surface area contributed by atoms with E-state index in [1.54, 1.807) is 19.0 Å². The smallest absolute Gasteiger partial charge is 0.239 e. The largest absolute Gasteiger partial charge is 0.490 e. The van der Waals surface area contributed by atoms with Gasteiger partial charge in [-0.3, -0.25) is 9.69 Å². The van der Waals surface area contributed by atoms with Gasteiger partial charge in [0, 0.05) is 20.6 Å². The molecule has 1 N–H and O–H groups in total. The molecule has 5 nitrogen and oxygen atoms in total. The summed E-state index contributed by atoms with van der Waals surface area (Å²) in [6, 6.07) is 4.00. The van der Waals surface area contributed by atoms with Crippen LogP contribution in [-0.2, 0) is 4.79 Å². The van der Waals surface area contributed by atoms with E-state index in [1.807, 2.05) is 19.9 Å². The van der Waals surface area contributed by atoms with Crippen molar-refractivity contribution in [1.29, 1.82) is 0 Å². The summed E-state index contributed by atoms with van der Waals surface area (Å²) < 4.78 is 5.89. The van der Waals surface area contributed by atoms with Gasteiger partial charge in [-0.05, 0) is 56.8 Å². The van der Waals surface area contributed by atoms with Gasteiger partial charge in [-0.25, -0.2) is 0 Å². The molecule has 1 aliphatic heterocycles. The Bertz CT molecular complexity index is 586. The number of likely N-dealkylation sites (N-methyl/N-ethyl adjacent to an activating group) is 1. The lowest BCUT2D eigenvalue weighted by Crippen LogP contribution is -2.46. The Morgan fingerprint density at radius 1 is 1.33 bits per heavy atom. The van der Waals surface area contributed by atoms with E-state index in [0.29, 0.717) is 6.54 Å². The molecule has 2 rings (SSSR count). The first-order valence-corrected chi connectivity index (χ1v) is 8.64. The molecule has 1 aromatic rings. The van der Waals surface area contributed by atoms with Crippen LogP contribution in [0.2, 0.25) is 0 Å². The highest BCUT2D eigenvalue weighted by molar-refractivity contribution is 5.81. The maximum Gasteiger partial charge on any atom is 0.239 e.